The van der Waals surface area contributed by atoms with Gasteiger partial charge < -0.3 is 9.72 Å². The van der Waals surface area contributed by atoms with Crippen LogP contribution < -0.4 is 4.74 Å². The lowest BCUT2D eigenvalue weighted by Gasteiger charge is -2.12. The van der Waals surface area contributed by atoms with Crippen molar-refractivity contribution in [2.24, 2.45) is 0 Å². The molecule has 0 amide bonds. The lowest BCUT2D eigenvalue weighted by atomic mass is 10.00. The number of nitrogens with one attached hydrogen (secondary N) is 1. The largest absolute Gasteiger partial charge is 0.493 e. The highest BCUT2D eigenvalue weighted by Crippen LogP contribution is 2.28. The molecule has 0 atom stereocenters. The molecule has 3 rings (SSSR count). The number of aromatic nitrogens is 2. The third kappa shape index (κ3) is 3.45. The second-order valence-electron chi connectivity index (χ2n) is 5.54. The van der Waals surface area contributed by atoms with Crippen molar-refractivity contribution in [3.05, 3.63) is 60.4 Å². The first kappa shape index (κ1) is 15.3. The average molecular weight is 306 g/mol. The van der Waals surface area contributed by atoms with Crippen molar-refractivity contribution in [2.45, 2.75) is 26.7 Å². The molecule has 0 aliphatic heterocycles. The molecule has 1 N–H and O–H groups in total. The number of H-pyrrole nitrogens is 1. The van der Waals surface area contributed by atoms with Gasteiger partial charge in [0.2, 0.25) is 0 Å². The zero-order valence-electron chi connectivity index (χ0n) is 13.7. The molecule has 3 nitrogen and oxygen atoms in total. The number of hydrogen-bond acceptors (Lipinski definition) is 2. The van der Waals surface area contributed by atoms with Gasteiger partial charge in [-0.15, -0.1) is 0 Å². The number of aromatic amines is 1. The highest BCUT2D eigenvalue weighted by atomic mass is 16.5. The van der Waals surface area contributed by atoms with Crippen LogP contribution in [-0.4, -0.2) is 16.6 Å². The minimum Gasteiger partial charge on any atom is -0.493 e. The molecular weight excluding hydrogens is 284 g/mol. The second kappa shape index (κ2) is 7.14. The summed E-state index contributed by atoms with van der Waals surface area (Å²) in [6.07, 6.45) is 5.61. The molecule has 0 bridgehead atoms. The van der Waals surface area contributed by atoms with Gasteiger partial charge in [-0.25, -0.2) is 4.98 Å². The Morgan fingerprint density at radius 1 is 0.957 bits per heavy atom. The minimum absolute atomic E-state index is 0.768. The summed E-state index contributed by atoms with van der Waals surface area (Å²) in [6, 6.07) is 14.9. The number of aryl methyl sites for hydroxylation is 1. The van der Waals surface area contributed by atoms with E-state index in [2.05, 4.69) is 66.3 Å². The van der Waals surface area contributed by atoms with Gasteiger partial charge in [0.1, 0.15) is 11.6 Å². The molecule has 0 aliphatic carbocycles. The highest BCUT2D eigenvalue weighted by Gasteiger charge is 2.06. The zero-order chi connectivity index (χ0) is 16.1. The van der Waals surface area contributed by atoms with Crippen LogP contribution in [0.25, 0.3) is 22.5 Å². The summed E-state index contributed by atoms with van der Waals surface area (Å²) in [5.74, 6) is 1.90. The average Bonchev–Trinajstić information content (AvgIpc) is 3.14. The van der Waals surface area contributed by atoms with Crippen molar-refractivity contribution in [3.63, 3.8) is 0 Å². The fourth-order valence-corrected chi connectivity index (χ4v) is 2.63. The van der Waals surface area contributed by atoms with Crippen LogP contribution in [0.15, 0.2) is 54.9 Å². The molecular formula is C20H22N2O. The molecule has 118 valence electrons. The van der Waals surface area contributed by atoms with E-state index in [9.17, 15) is 0 Å². The van der Waals surface area contributed by atoms with Crippen molar-refractivity contribution < 1.29 is 4.74 Å². The molecule has 23 heavy (non-hydrogen) atoms. The van der Waals surface area contributed by atoms with E-state index in [0.29, 0.717) is 0 Å². The smallest absolute Gasteiger partial charge is 0.137 e. The zero-order valence-corrected chi connectivity index (χ0v) is 13.7. The van der Waals surface area contributed by atoms with Crippen molar-refractivity contribution >= 4 is 0 Å². The van der Waals surface area contributed by atoms with Crippen molar-refractivity contribution in [2.75, 3.05) is 6.61 Å². The number of rotatable bonds is 6. The van der Waals surface area contributed by atoms with Gasteiger partial charge in [-0.2, -0.15) is 0 Å². The maximum absolute atomic E-state index is 5.82. The Morgan fingerprint density at radius 3 is 2.35 bits per heavy atom. The van der Waals surface area contributed by atoms with Crippen LogP contribution in [-0.2, 0) is 6.42 Å². The molecule has 3 heteroatoms. The Bertz CT molecular complexity index is 746. The molecule has 0 fully saturated rings. The van der Waals surface area contributed by atoms with E-state index in [1.165, 1.54) is 16.7 Å². The first-order valence-corrected chi connectivity index (χ1v) is 8.17. The fraction of sp³-hybridized carbons (Fsp3) is 0.250. The number of benzene rings is 2. The first-order chi connectivity index (χ1) is 11.3. The van der Waals surface area contributed by atoms with Crippen LogP contribution in [0.1, 0.15) is 25.8 Å². The summed E-state index contributed by atoms with van der Waals surface area (Å²) in [5, 5.41) is 0. The van der Waals surface area contributed by atoms with Crippen molar-refractivity contribution in [1.82, 2.24) is 9.97 Å². The Kier molecular flexibility index (Phi) is 4.77. The summed E-state index contributed by atoms with van der Waals surface area (Å²) >= 11 is 0. The first-order valence-electron chi connectivity index (χ1n) is 8.17. The van der Waals surface area contributed by atoms with E-state index in [1.807, 2.05) is 6.20 Å². The number of nitrogens with zero attached hydrogens (tertiary/aromatic N) is 1. The highest BCUT2D eigenvalue weighted by molar-refractivity contribution is 5.69. The third-order valence-corrected chi connectivity index (χ3v) is 3.89. The molecule has 0 aliphatic rings. The predicted octanol–water partition coefficient (Wildman–Crippen LogP) is 5.09. The molecule has 0 radical (unpaired) electrons. The van der Waals surface area contributed by atoms with Crippen LogP contribution in [0, 0.1) is 0 Å². The van der Waals surface area contributed by atoms with Crippen molar-refractivity contribution in [3.8, 4) is 28.3 Å². The van der Waals surface area contributed by atoms with E-state index in [0.717, 1.165) is 36.6 Å². The van der Waals surface area contributed by atoms with Gasteiger partial charge in [0, 0.05) is 18.0 Å². The van der Waals surface area contributed by atoms with E-state index in [4.69, 9.17) is 4.74 Å². The molecule has 1 heterocycles. The SMILES string of the molecule is CCCOc1ccc(-c2ccc(-c3ncc[nH]3)cc2)cc1CC. The summed E-state index contributed by atoms with van der Waals surface area (Å²) < 4.78 is 5.82. The Balaban J connectivity index is 1.86. The van der Waals surface area contributed by atoms with Crippen LogP contribution in [0.2, 0.25) is 0 Å². The number of imidazole rings is 1. The topological polar surface area (TPSA) is 37.9 Å². The van der Waals surface area contributed by atoms with Gasteiger partial charge in [-0.3, -0.25) is 0 Å². The normalized spacial score (nSPS) is 10.7. The standard InChI is InChI=1S/C20H22N2O/c1-3-13-23-19-10-9-18(14-15(19)4-2)16-5-7-17(8-6-16)20-21-11-12-22-20/h5-12,14H,3-4,13H2,1-2H3,(H,21,22). The van der Waals surface area contributed by atoms with Crippen LogP contribution in [0.3, 0.4) is 0 Å². The molecule has 0 saturated heterocycles. The monoisotopic (exact) mass is 306 g/mol. The van der Waals surface area contributed by atoms with Crippen LogP contribution in [0.5, 0.6) is 5.75 Å². The Morgan fingerprint density at radius 2 is 1.70 bits per heavy atom. The van der Waals surface area contributed by atoms with Crippen LogP contribution in [0.4, 0.5) is 0 Å². The van der Waals surface area contributed by atoms with E-state index in [1.54, 1.807) is 6.20 Å². The predicted molar refractivity (Wildman–Crippen MR) is 94.6 cm³/mol. The Labute approximate surface area is 137 Å². The third-order valence-electron chi connectivity index (χ3n) is 3.89. The molecule has 1 aromatic heterocycles. The van der Waals surface area contributed by atoms with Gasteiger partial charge in [-0.1, -0.05) is 44.2 Å². The molecule has 0 unspecified atom stereocenters. The lowest BCUT2D eigenvalue weighted by Crippen LogP contribution is -1.98. The lowest BCUT2D eigenvalue weighted by molar-refractivity contribution is 0.314. The number of hydrogen-bond donors (Lipinski definition) is 1. The molecule has 3 aromatic rings. The van der Waals surface area contributed by atoms with Gasteiger partial charge in [0.25, 0.3) is 0 Å². The second-order valence-corrected chi connectivity index (χ2v) is 5.54. The van der Waals surface area contributed by atoms with E-state index >= 15 is 0 Å². The maximum Gasteiger partial charge on any atom is 0.137 e. The van der Waals surface area contributed by atoms with E-state index < -0.39 is 0 Å². The minimum atomic E-state index is 0.768. The number of ether oxygens (including phenoxy) is 1. The molecule has 2 aromatic carbocycles. The molecule has 0 spiro atoms. The Hall–Kier alpha value is -2.55. The maximum atomic E-state index is 5.82. The fourth-order valence-electron chi connectivity index (χ4n) is 2.63. The van der Waals surface area contributed by atoms with E-state index in [-0.39, 0.29) is 0 Å². The molecule has 0 saturated carbocycles. The van der Waals surface area contributed by atoms with Gasteiger partial charge in [0.15, 0.2) is 0 Å². The van der Waals surface area contributed by atoms with Gasteiger partial charge >= 0.3 is 0 Å². The van der Waals surface area contributed by atoms with Crippen molar-refractivity contribution in [1.29, 1.82) is 0 Å². The van der Waals surface area contributed by atoms with Gasteiger partial charge in [0.05, 0.1) is 6.61 Å². The van der Waals surface area contributed by atoms with Gasteiger partial charge in [-0.05, 0) is 41.7 Å². The summed E-state index contributed by atoms with van der Waals surface area (Å²) in [4.78, 5) is 7.41. The summed E-state index contributed by atoms with van der Waals surface area (Å²) in [6.45, 7) is 5.06. The van der Waals surface area contributed by atoms with Crippen LogP contribution >= 0.6 is 0 Å². The summed E-state index contributed by atoms with van der Waals surface area (Å²) in [7, 11) is 0. The summed E-state index contributed by atoms with van der Waals surface area (Å²) in [5.41, 5.74) is 4.78. The quantitative estimate of drug-likeness (QED) is 0.688.